The first-order chi connectivity index (χ1) is 15.8. The first-order valence-corrected chi connectivity index (χ1v) is 15.7. The Bertz CT molecular complexity index is 784. The minimum atomic E-state index is -0.139. The molecule has 0 unspecified atom stereocenters. The van der Waals surface area contributed by atoms with E-state index in [0.29, 0.717) is 17.8 Å². The van der Waals surface area contributed by atoms with Gasteiger partial charge in [-0.05, 0) is 77.0 Å². The largest absolute Gasteiger partial charge is 0.0811 e. The summed E-state index contributed by atoms with van der Waals surface area (Å²) in [7, 11) is -0.139. The van der Waals surface area contributed by atoms with Gasteiger partial charge in [0.15, 0.2) is 0 Å². The van der Waals surface area contributed by atoms with Crippen molar-refractivity contribution in [2.24, 2.45) is 0 Å². The lowest BCUT2D eigenvalue weighted by Crippen LogP contribution is -2.33. The summed E-state index contributed by atoms with van der Waals surface area (Å²) in [6.45, 7) is 14.5. The third kappa shape index (κ3) is 5.08. The first-order valence-electron chi connectivity index (χ1n) is 14.2. The van der Waals surface area contributed by atoms with E-state index in [1.165, 1.54) is 69.8 Å². The van der Waals surface area contributed by atoms with Gasteiger partial charge in [0.05, 0.1) is 5.16 Å². The van der Waals surface area contributed by atoms with Crippen molar-refractivity contribution in [2.45, 2.75) is 140 Å². The van der Waals surface area contributed by atoms with Crippen molar-refractivity contribution in [1.29, 1.82) is 0 Å². The molecule has 0 bridgehead atoms. The van der Waals surface area contributed by atoms with Crippen LogP contribution in [-0.2, 0) is 5.16 Å². The van der Waals surface area contributed by atoms with Crippen molar-refractivity contribution in [3.8, 4) is 0 Å². The Morgan fingerprint density at radius 1 is 0.636 bits per heavy atom. The van der Waals surface area contributed by atoms with Crippen LogP contribution >= 0.6 is 7.92 Å². The fourth-order valence-corrected chi connectivity index (χ4v) is 11.6. The van der Waals surface area contributed by atoms with Crippen LogP contribution in [0.25, 0.3) is 0 Å². The average molecular weight is 465 g/mol. The minimum absolute atomic E-state index is 0.139. The van der Waals surface area contributed by atoms with Gasteiger partial charge in [0.1, 0.15) is 0 Å². The molecule has 1 aromatic rings. The summed E-state index contributed by atoms with van der Waals surface area (Å²) in [5.74, 6) is 1.70. The molecule has 0 N–H and O–H groups in total. The normalized spacial score (nSPS) is 21.9. The highest BCUT2D eigenvalue weighted by Gasteiger charge is 2.47. The van der Waals surface area contributed by atoms with Crippen LogP contribution in [0.4, 0.5) is 0 Å². The predicted octanol–water partition coefficient (Wildman–Crippen LogP) is 10.5. The summed E-state index contributed by atoms with van der Waals surface area (Å²) in [4.78, 5) is 0. The zero-order valence-corrected chi connectivity index (χ0v) is 23.3. The molecule has 0 nitrogen and oxygen atoms in total. The van der Waals surface area contributed by atoms with Crippen molar-refractivity contribution in [3.05, 3.63) is 58.7 Å². The van der Waals surface area contributed by atoms with Gasteiger partial charge in [-0.15, -0.1) is 0 Å². The third-order valence-corrected chi connectivity index (χ3v) is 12.7. The lowest BCUT2D eigenvalue weighted by molar-refractivity contribution is 0.479. The number of hydrogen-bond donors (Lipinski definition) is 0. The minimum Gasteiger partial charge on any atom is -0.0811 e. The molecule has 3 aliphatic carbocycles. The van der Waals surface area contributed by atoms with Crippen LogP contribution in [-0.4, -0.2) is 11.3 Å². The van der Waals surface area contributed by atoms with Gasteiger partial charge in [-0.1, -0.05) is 124 Å². The van der Waals surface area contributed by atoms with Crippen molar-refractivity contribution in [3.63, 3.8) is 0 Å². The highest BCUT2D eigenvalue weighted by molar-refractivity contribution is 7.61. The second-order valence-electron chi connectivity index (χ2n) is 12.1. The quantitative estimate of drug-likeness (QED) is 0.352. The van der Waals surface area contributed by atoms with Crippen LogP contribution in [0, 0.1) is 0 Å². The maximum absolute atomic E-state index is 2.68. The monoisotopic (exact) mass is 464 g/mol. The van der Waals surface area contributed by atoms with Crippen molar-refractivity contribution in [2.75, 3.05) is 0 Å². The molecule has 33 heavy (non-hydrogen) atoms. The van der Waals surface area contributed by atoms with Crippen LogP contribution < -0.4 is 0 Å². The van der Waals surface area contributed by atoms with E-state index in [1.54, 1.807) is 16.7 Å². The number of hydrogen-bond acceptors (Lipinski definition) is 0. The summed E-state index contributed by atoms with van der Waals surface area (Å²) < 4.78 is 0. The fraction of sp³-hybridized carbons (Fsp3) is 0.688. The highest BCUT2D eigenvalue weighted by atomic mass is 31.1. The van der Waals surface area contributed by atoms with E-state index < -0.39 is 0 Å². The van der Waals surface area contributed by atoms with Gasteiger partial charge < -0.3 is 0 Å². The Kier molecular flexibility index (Phi) is 8.26. The van der Waals surface area contributed by atoms with Crippen LogP contribution in [0.15, 0.2) is 36.4 Å². The fourth-order valence-electron chi connectivity index (χ4n) is 6.97. The van der Waals surface area contributed by atoms with Crippen molar-refractivity contribution < 1.29 is 0 Å². The summed E-state index contributed by atoms with van der Waals surface area (Å²) >= 11 is 0. The van der Waals surface area contributed by atoms with Gasteiger partial charge in [-0.25, -0.2) is 0 Å². The van der Waals surface area contributed by atoms with Crippen LogP contribution in [0.3, 0.4) is 0 Å². The van der Waals surface area contributed by atoms with Gasteiger partial charge >= 0.3 is 0 Å². The molecule has 2 fully saturated rings. The topological polar surface area (TPSA) is 0 Å². The zero-order chi connectivity index (χ0) is 23.6. The molecule has 0 amide bonds. The van der Waals surface area contributed by atoms with Gasteiger partial charge in [0.25, 0.3) is 0 Å². The van der Waals surface area contributed by atoms with E-state index in [1.807, 2.05) is 0 Å². The second-order valence-corrected chi connectivity index (χ2v) is 15.1. The average Bonchev–Trinajstić information content (AvgIpc) is 3.30. The van der Waals surface area contributed by atoms with Crippen LogP contribution in [0.2, 0.25) is 0 Å². The maximum atomic E-state index is 2.68. The summed E-state index contributed by atoms with van der Waals surface area (Å²) in [6.07, 6.45) is 24.8. The van der Waals surface area contributed by atoms with Crippen LogP contribution in [0.1, 0.15) is 146 Å². The van der Waals surface area contributed by atoms with Gasteiger partial charge in [-0.3, -0.25) is 0 Å². The van der Waals surface area contributed by atoms with E-state index in [4.69, 9.17) is 0 Å². The molecule has 0 radical (unpaired) electrons. The van der Waals surface area contributed by atoms with Crippen LogP contribution in [0.5, 0.6) is 0 Å². The third-order valence-electron chi connectivity index (χ3n) is 8.71. The molecule has 4 rings (SSSR count). The van der Waals surface area contributed by atoms with Gasteiger partial charge in [0, 0.05) is 0 Å². The van der Waals surface area contributed by atoms with E-state index in [9.17, 15) is 0 Å². The van der Waals surface area contributed by atoms with Crippen molar-refractivity contribution in [1.82, 2.24) is 0 Å². The molecule has 1 heteroatoms. The lowest BCUT2D eigenvalue weighted by atomic mass is 9.79. The molecule has 0 saturated heterocycles. The first kappa shape index (κ1) is 25.2. The Morgan fingerprint density at radius 3 is 1.42 bits per heavy atom. The zero-order valence-electron chi connectivity index (χ0n) is 22.4. The standard InChI is InChI=1S/C32H49P/c1-23(2)26-21-29(24(3)4)31(30(22-26)25(5)6)32(19-13-14-20-32)33(27-15-9-7-10-16-27)28-17-11-8-12-18-28/h13-14,19-25,27-28H,7-12,15-18H2,1-6H3. The Balaban J connectivity index is 1.95. The molecule has 0 aliphatic heterocycles. The molecule has 3 aliphatic rings. The van der Waals surface area contributed by atoms with E-state index in [-0.39, 0.29) is 13.1 Å². The summed E-state index contributed by atoms with van der Waals surface area (Å²) in [5, 5.41) is 0.147. The van der Waals surface area contributed by atoms with Gasteiger partial charge in [0.2, 0.25) is 0 Å². The predicted molar refractivity (Wildman–Crippen MR) is 149 cm³/mol. The smallest absolute Gasteiger partial charge is 0.0527 e. The molecule has 0 spiro atoms. The molecule has 2 saturated carbocycles. The van der Waals surface area contributed by atoms with E-state index >= 15 is 0 Å². The molecule has 0 atom stereocenters. The number of benzene rings is 1. The Labute approximate surface area is 206 Å². The van der Waals surface area contributed by atoms with E-state index in [2.05, 4.69) is 78.0 Å². The molecule has 0 heterocycles. The Hall–Kier alpha value is -0.870. The molecular formula is C32H49P. The van der Waals surface area contributed by atoms with E-state index in [0.717, 1.165) is 11.3 Å². The second kappa shape index (κ2) is 10.8. The van der Waals surface area contributed by atoms with Crippen molar-refractivity contribution >= 4 is 7.92 Å². The lowest BCUT2D eigenvalue weighted by Gasteiger charge is -2.49. The van der Waals surface area contributed by atoms with Gasteiger partial charge in [-0.2, -0.15) is 0 Å². The number of allylic oxidation sites excluding steroid dienone is 4. The highest BCUT2D eigenvalue weighted by Crippen LogP contribution is 2.70. The summed E-state index contributed by atoms with van der Waals surface area (Å²) in [5.41, 5.74) is 8.42. The summed E-state index contributed by atoms with van der Waals surface area (Å²) in [6, 6.07) is 5.21. The Morgan fingerprint density at radius 2 is 1.06 bits per heavy atom. The number of rotatable bonds is 7. The molecule has 1 aromatic carbocycles. The molecule has 0 aromatic heterocycles. The molecule has 182 valence electrons. The SMILES string of the molecule is CC(C)c1cc(C(C)C)c(C2(P(C3CCCCC3)C3CCCCC3)C=CC=C2)c(C(C)C)c1. The maximum Gasteiger partial charge on any atom is 0.0527 e. The molecular weight excluding hydrogens is 415 g/mol.